The fraction of sp³-hybridized carbons (Fsp3) is 0.278. The minimum atomic E-state index is -4.01. The SMILES string of the molecule is CC(C)(CCc1ccc2cc(O)c(N3C=C(O)NS3(=O)=O)cc2c1)C(=O)O. The number of carbonyl (C=O) groups is 1. The average Bonchev–Trinajstić information content (AvgIpc) is 2.84. The molecule has 1 heterocycles. The Morgan fingerprint density at radius 3 is 2.44 bits per heavy atom. The van der Waals surface area contributed by atoms with Gasteiger partial charge in [0.25, 0.3) is 0 Å². The van der Waals surface area contributed by atoms with Gasteiger partial charge in [-0.15, -0.1) is 0 Å². The fourth-order valence-corrected chi connectivity index (χ4v) is 3.87. The Morgan fingerprint density at radius 2 is 1.85 bits per heavy atom. The molecule has 8 nitrogen and oxygen atoms in total. The van der Waals surface area contributed by atoms with E-state index in [-0.39, 0.29) is 11.4 Å². The Kier molecular flexibility index (Phi) is 4.43. The van der Waals surface area contributed by atoms with Gasteiger partial charge < -0.3 is 15.3 Å². The molecular formula is C18H20N2O6S. The third-order valence-electron chi connectivity index (χ3n) is 4.59. The van der Waals surface area contributed by atoms with Gasteiger partial charge in [-0.05, 0) is 55.2 Å². The molecule has 2 aromatic carbocycles. The maximum atomic E-state index is 12.0. The van der Waals surface area contributed by atoms with E-state index in [1.165, 1.54) is 12.1 Å². The first-order chi connectivity index (χ1) is 12.5. The zero-order valence-electron chi connectivity index (χ0n) is 14.8. The molecule has 3 rings (SSSR count). The number of hydrogen-bond donors (Lipinski definition) is 4. The van der Waals surface area contributed by atoms with Gasteiger partial charge in [-0.1, -0.05) is 18.2 Å². The molecule has 0 bridgehead atoms. The number of aliphatic hydroxyl groups excluding tert-OH is 1. The molecule has 144 valence electrons. The highest BCUT2D eigenvalue weighted by atomic mass is 32.2. The Balaban J connectivity index is 1.97. The zero-order chi connectivity index (χ0) is 20.0. The Labute approximate surface area is 156 Å². The summed E-state index contributed by atoms with van der Waals surface area (Å²) in [4.78, 5) is 11.2. The quantitative estimate of drug-likeness (QED) is 0.619. The summed E-state index contributed by atoms with van der Waals surface area (Å²) >= 11 is 0. The van der Waals surface area contributed by atoms with Crippen molar-refractivity contribution in [2.45, 2.75) is 26.7 Å². The van der Waals surface area contributed by atoms with Crippen molar-refractivity contribution >= 4 is 32.6 Å². The number of hydrogen-bond acceptors (Lipinski definition) is 5. The van der Waals surface area contributed by atoms with Gasteiger partial charge in [-0.25, -0.2) is 9.03 Å². The maximum absolute atomic E-state index is 12.0. The summed E-state index contributed by atoms with van der Waals surface area (Å²) in [5, 5.41) is 30.3. The molecule has 0 aromatic heterocycles. The summed E-state index contributed by atoms with van der Waals surface area (Å²) in [6, 6.07) is 8.40. The van der Waals surface area contributed by atoms with Gasteiger partial charge in [-0.3, -0.25) is 4.79 Å². The molecule has 4 N–H and O–H groups in total. The fourth-order valence-electron chi connectivity index (χ4n) is 2.81. The molecule has 0 saturated carbocycles. The maximum Gasteiger partial charge on any atom is 0.330 e. The second kappa shape index (κ2) is 6.34. The van der Waals surface area contributed by atoms with E-state index in [4.69, 9.17) is 0 Å². The molecule has 0 radical (unpaired) electrons. The molecule has 0 saturated heterocycles. The standard InChI is InChI=1S/C18H20N2O6S/c1-18(2,17(23)24)6-5-11-3-4-12-9-15(21)14(8-13(12)7-11)20-10-16(22)19-27(20,25)26/h3-4,7-10,19,21-22H,5-6H2,1-2H3,(H,23,24). The molecule has 0 amide bonds. The summed E-state index contributed by atoms with van der Waals surface area (Å²) in [5.74, 6) is -1.66. The average molecular weight is 392 g/mol. The second-order valence-corrected chi connectivity index (χ2v) is 8.68. The van der Waals surface area contributed by atoms with Crippen LogP contribution in [0, 0.1) is 5.41 Å². The van der Waals surface area contributed by atoms with Crippen LogP contribution in [0.3, 0.4) is 0 Å². The van der Waals surface area contributed by atoms with Crippen molar-refractivity contribution in [2.75, 3.05) is 4.31 Å². The first kappa shape index (κ1) is 18.8. The summed E-state index contributed by atoms with van der Waals surface area (Å²) in [6.45, 7) is 3.33. The normalized spacial score (nSPS) is 16.2. The number of carboxylic acid groups (broad SMARTS) is 1. The van der Waals surface area contributed by atoms with Crippen molar-refractivity contribution < 1.29 is 28.5 Å². The van der Waals surface area contributed by atoms with Gasteiger partial charge in [0, 0.05) is 0 Å². The predicted molar refractivity (Wildman–Crippen MR) is 101 cm³/mol. The lowest BCUT2D eigenvalue weighted by molar-refractivity contribution is -0.147. The minimum absolute atomic E-state index is 0.00191. The van der Waals surface area contributed by atoms with E-state index >= 15 is 0 Å². The number of nitrogens with one attached hydrogen (secondary N) is 1. The number of rotatable bonds is 5. The number of phenolic OH excluding ortho intramolecular Hbond substituents is 1. The predicted octanol–water partition coefficient (Wildman–Crippen LogP) is 2.60. The summed E-state index contributed by atoms with van der Waals surface area (Å²) < 4.78 is 26.8. The van der Waals surface area contributed by atoms with E-state index in [2.05, 4.69) is 0 Å². The number of carboxylic acids is 1. The van der Waals surface area contributed by atoms with Crippen molar-refractivity contribution in [3.05, 3.63) is 48.0 Å². The lowest BCUT2D eigenvalue weighted by Crippen LogP contribution is -2.29. The van der Waals surface area contributed by atoms with Crippen LogP contribution in [0.4, 0.5) is 5.69 Å². The Morgan fingerprint density at radius 1 is 1.15 bits per heavy atom. The number of aromatic hydroxyl groups is 1. The van der Waals surface area contributed by atoms with E-state index < -0.39 is 27.5 Å². The molecule has 1 aliphatic heterocycles. The van der Waals surface area contributed by atoms with Crippen LogP contribution in [0.25, 0.3) is 10.8 Å². The Hall–Kier alpha value is -2.94. The number of fused-ring (bicyclic) bond motifs is 1. The summed E-state index contributed by atoms with van der Waals surface area (Å²) in [6.07, 6.45) is 1.95. The van der Waals surface area contributed by atoms with Gasteiger partial charge >= 0.3 is 16.2 Å². The van der Waals surface area contributed by atoms with Crippen LogP contribution >= 0.6 is 0 Å². The lowest BCUT2D eigenvalue weighted by Gasteiger charge is -2.19. The minimum Gasteiger partial charge on any atom is -0.506 e. The van der Waals surface area contributed by atoms with Crippen LogP contribution < -0.4 is 9.03 Å². The van der Waals surface area contributed by atoms with E-state index in [0.29, 0.717) is 23.6 Å². The largest absolute Gasteiger partial charge is 0.506 e. The topological polar surface area (TPSA) is 127 Å². The highest BCUT2D eigenvalue weighted by Gasteiger charge is 2.31. The van der Waals surface area contributed by atoms with Gasteiger partial charge in [0.05, 0.1) is 11.6 Å². The van der Waals surface area contributed by atoms with Crippen LogP contribution in [0.2, 0.25) is 0 Å². The molecule has 0 fully saturated rings. The van der Waals surface area contributed by atoms with Crippen molar-refractivity contribution in [1.29, 1.82) is 0 Å². The van der Waals surface area contributed by atoms with Gasteiger partial charge in [-0.2, -0.15) is 8.42 Å². The van der Waals surface area contributed by atoms with Crippen LogP contribution in [-0.4, -0.2) is 29.7 Å². The number of aliphatic hydroxyl groups is 1. The molecule has 0 atom stereocenters. The van der Waals surface area contributed by atoms with E-state index in [1.54, 1.807) is 19.9 Å². The van der Waals surface area contributed by atoms with Gasteiger partial charge in [0.15, 0.2) is 0 Å². The van der Waals surface area contributed by atoms with Crippen LogP contribution in [0.1, 0.15) is 25.8 Å². The lowest BCUT2D eigenvalue weighted by atomic mass is 9.86. The van der Waals surface area contributed by atoms with Crippen LogP contribution in [0.15, 0.2) is 42.4 Å². The van der Waals surface area contributed by atoms with E-state index in [9.17, 15) is 28.5 Å². The van der Waals surface area contributed by atoms with E-state index in [1.807, 2.05) is 16.9 Å². The van der Waals surface area contributed by atoms with Crippen molar-refractivity contribution in [2.24, 2.45) is 5.41 Å². The Bertz CT molecular complexity index is 1060. The highest BCUT2D eigenvalue weighted by molar-refractivity contribution is 7.91. The van der Waals surface area contributed by atoms with Crippen LogP contribution in [-0.2, 0) is 21.4 Å². The van der Waals surface area contributed by atoms with Crippen molar-refractivity contribution in [3.8, 4) is 5.75 Å². The number of aliphatic carboxylic acids is 1. The summed E-state index contributed by atoms with van der Waals surface area (Å²) in [7, 11) is -4.01. The molecule has 0 unspecified atom stereocenters. The third kappa shape index (κ3) is 3.63. The molecular weight excluding hydrogens is 372 g/mol. The third-order valence-corrected chi connectivity index (χ3v) is 5.87. The molecule has 0 spiro atoms. The number of aryl methyl sites for hydroxylation is 1. The first-order valence-corrected chi connectivity index (χ1v) is 9.66. The van der Waals surface area contributed by atoms with E-state index in [0.717, 1.165) is 16.1 Å². The van der Waals surface area contributed by atoms with Crippen molar-refractivity contribution in [3.63, 3.8) is 0 Å². The molecule has 9 heteroatoms. The molecule has 2 aromatic rings. The second-order valence-electron chi connectivity index (χ2n) is 7.13. The number of nitrogens with zero attached hydrogens (tertiary/aromatic N) is 1. The number of benzene rings is 2. The smallest absolute Gasteiger partial charge is 0.330 e. The van der Waals surface area contributed by atoms with Gasteiger partial charge in [0.2, 0.25) is 5.88 Å². The first-order valence-electron chi connectivity index (χ1n) is 8.22. The summed E-state index contributed by atoms with van der Waals surface area (Å²) in [5.41, 5.74) is 0.0449. The monoisotopic (exact) mass is 392 g/mol. The molecule has 0 aliphatic carbocycles. The zero-order valence-corrected chi connectivity index (χ0v) is 15.6. The highest BCUT2D eigenvalue weighted by Crippen LogP contribution is 2.36. The van der Waals surface area contributed by atoms with Gasteiger partial charge in [0.1, 0.15) is 11.4 Å². The molecule has 1 aliphatic rings. The number of anilines is 1. The van der Waals surface area contributed by atoms with Crippen LogP contribution in [0.5, 0.6) is 5.75 Å². The molecule has 27 heavy (non-hydrogen) atoms. The van der Waals surface area contributed by atoms with Crippen molar-refractivity contribution in [1.82, 2.24) is 4.72 Å². The number of phenols is 1.